The molecule has 0 spiro atoms. The van der Waals surface area contributed by atoms with Crippen LogP contribution in [0.3, 0.4) is 0 Å². The summed E-state index contributed by atoms with van der Waals surface area (Å²) < 4.78 is 41.9. The van der Waals surface area contributed by atoms with E-state index in [0.717, 1.165) is 28.9 Å². The first kappa shape index (κ1) is 28.5. The van der Waals surface area contributed by atoms with Gasteiger partial charge in [-0.1, -0.05) is 48.0 Å². The summed E-state index contributed by atoms with van der Waals surface area (Å²) in [6.45, 7) is 4.45. The molecule has 1 fully saturated rings. The molecular weight excluding hydrogens is 530 g/mol. The Kier molecular flexibility index (Phi) is 8.53. The molecule has 0 bridgehead atoms. The molecule has 4 aromatic rings. The SMILES string of the molecule is Cc1ccc(NC(=O)c2ccc(C3OCC(CC(C)C(O)(Cn4ccnn4)c4ccc(F)cc4F)CO3)cc2)cc1. The third kappa shape index (κ3) is 6.67. The van der Waals surface area contributed by atoms with Gasteiger partial charge in [-0.3, -0.25) is 4.79 Å². The van der Waals surface area contributed by atoms with Crippen LogP contribution in [0.1, 0.15) is 46.7 Å². The van der Waals surface area contributed by atoms with Crippen LogP contribution >= 0.6 is 0 Å². The van der Waals surface area contributed by atoms with Crippen molar-refractivity contribution in [3.8, 4) is 0 Å². The van der Waals surface area contributed by atoms with Crippen molar-refractivity contribution in [2.24, 2.45) is 11.8 Å². The minimum absolute atomic E-state index is 0.0103. The van der Waals surface area contributed by atoms with Gasteiger partial charge in [0.25, 0.3) is 5.91 Å². The molecule has 41 heavy (non-hydrogen) atoms. The van der Waals surface area contributed by atoms with Crippen LogP contribution in [0.2, 0.25) is 0 Å². The Morgan fingerprint density at radius 2 is 1.80 bits per heavy atom. The summed E-state index contributed by atoms with van der Waals surface area (Å²) in [6.07, 6.45) is 2.90. The highest BCUT2D eigenvalue weighted by molar-refractivity contribution is 6.04. The van der Waals surface area contributed by atoms with Crippen LogP contribution in [0, 0.1) is 30.4 Å². The van der Waals surface area contributed by atoms with E-state index in [1.165, 1.54) is 16.9 Å². The maximum absolute atomic E-state index is 14.8. The molecule has 1 saturated heterocycles. The van der Waals surface area contributed by atoms with E-state index in [2.05, 4.69) is 15.6 Å². The fourth-order valence-corrected chi connectivity index (χ4v) is 5.11. The number of halogens is 2. The summed E-state index contributed by atoms with van der Waals surface area (Å²) in [5, 5.41) is 22.3. The van der Waals surface area contributed by atoms with Crippen molar-refractivity contribution in [3.63, 3.8) is 0 Å². The quantitative estimate of drug-likeness (QED) is 0.284. The number of aromatic nitrogens is 3. The lowest BCUT2D eigenvalue weighted by molar-refractivity contribution is -0.210. The summed E-state index contributed by atoms with van der Waals surface area (Å²) >= 11 is 0. The highest BCUT2D eigenvalue weighted by atomic mass is 19.1. The molecular formula is C31H32F2N4O4. The molecule has 10 heteroatoms. The molecule has 214 valence electrons. The molecule has 1 amide bonds. The van der Waals surface area contributed by atoms with Gasteiger partial charge < -0.3 is 19.9 Å². The van der Waals surface area contributed by atoms with Crippen LogP contribution in [-0.2, 0) is 21.6 Å². The van der Waals surface area contributed by atoms with Gasteiger partial charge >= 0.3 is 0 Å². The number of ether oxygens (including phenoxy) is 2. The maximum atomic E-state index is 14.8. The number of aliphatic hydroxyl groups is 1. The molecule has 2 atom stereocenters. The van der Waals surface area contributed by atoms with Gasteiger partial charge in [-0.2, -0.15) is 0 Å². The van der Waals surface area contributed by atoms with Gasteiger partial charge in [-0.05, 0) is 49.6 Å². The number of nitrogens with zero attached hydrogens (tertiary/aromatic N) is 3. The number of nitrogens with one attached hydrogen (secondary N) is 1. The van der Waals surface area contributed by atoms with E-state index in [0.29, 0.717) is 25.2 Å². The number of carbonyl (C=O) groups is 1. The Balaban J connectivity index is 1.20. The van der Waals surface area contributed by atoms with Crippen molar-refractivity contribution < 1.29 is 28.2 Å². The molecule has 0 radical (unpaired) electrons. The molecule has 5 rings (SSSR count). The summed E-state index contributed by atoms with van der Waals surface area (Å²) in [5.74, 6) is -2.30. The standard InChI is InChI=1S/C31H32F2N4O4/c1-20-3-10-26(11-4-20)35-29(38)23-5-7-24(8-6-23)30-40-17-22(18-41-30)15-21(2)31(39,19-37-14-13-34-36-37)27-12-9-25(32)16-28(27)33/h3-14,16,21-22,30,39H,15,17-19H2,1-2H3,(H,35,38). The average Bonchev–Trinajstić information content (AvgIpc) is 3.47. The van der Waals surface area contributed by atoms with Crippen molar-refractivity contribution in [3.05, 3.63) is 113 Å². The largest absolute Gasteiger partial charge is 0.383 e. The molecule has 2 unspecified atom stereocenters. The fourth-order valence-electron chi connectivity index (χ4n) is 5.11. The number of aryl methyl sites for hydroxylation is 1. The van der Waals surface area contributed by atoms with Gasteiger partial charge in [0.05, 0.1) is 26.0 Å². The van der Waals surface area contributed by atoms with E-state index >= 15 is 0 Å². The number of anilines is 1. The molecule has 3 aromatic carbocycles. The highest BCUT2D eigenvalue weighted by Crippen LogP contribution is 2.38. The lowest BCUT2D eigenvalue weighted by Crippen LogP contribution is -2.41. The third-order valence-electron chi connectivity index (χ3n) is 7.50. The number of rotatable bonds is 9. The Morgan fingerprint density at radius 3 is 2.44 bits per heavy atom. The minimum atomic E-state index is -1.68. The van der Waals surface area contributed by atoms with Crippen LogP contribution in [0.25, 0.3) is 0 Å². The van der Waals surface area contributed by atoms with E-state index < -0.39 is 29.4 Å². The van der Waals surface area contributed by atoms with Crippen molar-refractivity contribution in [1.29, 1.82) is 0 Å². The predicted molar refractivity (Wildman–Crippen MR) is 148 cm³/mol. The van der Waals surface area contributed by atoms with Crippen LogP contribution in [0.15, 0.2) is 79.1 Å². The zero-order valence-electron chi connectivity index (χ0n) is 22.8. The van der Waals surface area contributed by atoms with Crippen LogP contribution < -0.4 is 5.32 Å². The molecule has 1 aliphatic rings. The van der Waals surface area contributed by atoms with Crippen molar-refractivity contribution in [2.75, 3.05) is 18.5 Å². The summed E-state index contributed by atoms with van der Waals surface area (Å²) in [4.78, 5) is 12.6. The summed E-state index contributed by atoms with van der Waals surface area (Å²) in [7, 11) is 0. The highest BCUT2D eigenvalue weighted by Gasteiger charge is 2.40. The number of benzene rings is 3. The van der Waals surface area contributed by atoms with Crippen LogP contribution in [0.5, 0.6) is 0 Å². The Hall–Kier alpha value is -3.99. The number of carbonyl (C=O) groups excluding carboxylic acids is 1. The minimum Gasteiger partial charge on any atom is -0.383 e. The monoisotopic (exact) mass is 562 g/mol. The zero-order valence-corrected chi connectivity index (χ0v) is 22.8. The molecule has 2 N–H and O–H groups in total. The van der Waals surface area contributed by atoms with Gasteiger partial charge in [0.1, 0.15) is 17.2 Å². The van der Waals surface area contributed by atoms with E-state index in [-0.39, 0.29) is 23.9 Å². The first-order valence-corrected chi connectivity index (χ1v) is 13.4. The smallest absolute Gasteiger partial charge is 0.255 e. The molecule has 0 saturated carbocycles. The van der Waals surface area contributed by atoms with E-state index in [4.69, 9.17) is 9.47 Å². The molecule has 1 aliphatic heterocycles. The number of amides is 1. The topological polar surface area (TPSA) is 98.5 Å². The van der Waals surface area contributed by atoms with E-state index in [9.17, 15) is 18.7 Å². The lowest BCUT2D eigenvalue weighted by Gasteiger charge is -2.38. The van der Waals surface area contributed by atoms with Crippen molar-refractivity contribution >= 4 is 11.6 Å². The van der Waals surface area contributed by atoms with Crippen molar-refractivity contribution in [1.82, 2.24) is 15.0 Å². The van der Waals surface area contributed by atoms with Gasteiger partial charge in [-0.15, -0.1) is 5.10 Å². The number of hydrogen-bond donors (Lipinski definition) is 2. The Bertz CT molecular complexity index is 1460. The Labute approximate surface area is 236 Å². The maximum Gasteiger partial charge on any atom is 0.255 e. The summed E-state index contributed by atoms with van der Waals surface area (Å²) in [6, 6.07) is 17.8. The van der Waals surface area contributed by atoms with Gasteiger partial charge in [0.15, 0.2) is 6.29 Å². The van der Waals surface area contributed by atoms with Crippen LogP contribution in [-0.4, -0.2) is 39.2 Å². The molecule has 2 heterocycles. The predicted octanol–water partition coefficient (Wildman–Crippen LogP) is 5.39. The molecule has 1 aromatic heterocycles. The van der Waals surface area contributed by atoms with Crippen molar-refractivity contribution in [2.45, 2.75) is 38.7 Å². The first-order chi connectivity index (χ1) is 19.7. The second-order valence-corrected chi connectivity index (χ2v) is 10.6. The normalized spacial score (nSPS) is 19.3. The second-order valence-electron chi connectivity index (χ2n) is 10.6. The first-order valence-electron chi connectivity index (χ1n) is 13.4. The van der Waals surface area contributed by atoms with Gasteiger partial charge in [0.2, 0.25) is 0 Å². The van der Waals surface area contributed by atoms with Crippen LogP contribution in [0.4, 0.5) is 14.5 Å². The van der Waals surface area contributed by atoms with Gasteiger partial charge in [0, 0.05) is 40.6 Å². The fraction of sp³-hybridized carbons (Fsp3) is 0.323. The average molecular weight is 563 g/mol. The number of hydrogen-bond acceptors (Lipinski definition) is 6. The second kappa shape index (κ2) is 12.3. The summed E-state index contributed by atoms with van der Waals surface area (Å²) in [5.41, 5.74) is 1.43. The third-order valence-corrected chi connectivity index (χ3v) is 7.50. The van der Waals surface area contributed by atoms with E-state index in [1.807, 2.05) is 38.1 Å². The molecule has 0 aliphatic carbocycles. The molecule has 8 nitrogen and oxygen atoms in total. The Morgan fingerprint density at radius 1 is 1.10 bits per heavy atom. The zero-order chi connectivity index (χ0) is 29.0. The van der Waals surface area contributed by atoms with E-state index in [1.54, 1.807) is 30.5 Å². The lowest BCUT2D eigenvalue weighted by atomic mass is 9.77. The van der Waals surface area contributed by atoms with Gasteiger partial charge in [-0.25, -0.2) is 13.5 Å².